The molecule has 0 aromatic heterocycles. The first-order valence-electron chi connectivity index (χ1n) is 7.72. The summed E-state index contributed by atoms with van der Waals surface area (Å²) in [5, 5.41) is 13.3. The lowest BCUT2D eigenvalue weighted by molar-refractivity contribution is 0.473. The normalized spacial score (nSPS) is 11.7. The second-order valence-electron chi connectivity index (χ2n) is 5.38. The van der Waals surface area contributed by atoms with Gasteiger partial charge in [0.1, 0.15) is 23.2 Å². The van der Waals surface area contributed by atoms with Crippen LogP contribution in [0.25, 0.3) is 0 Å². The highest BCUT2D eigenvalue weighted by atomic mass is 31.2. The van der Waals surface area contributed by atoms with E-state index in [2.05, 4.69) is 91.0 Å². The van der Waals surface area contributed by atoms with Crippen LogP contribution in [0.2, 0.25) is 0 Å². The van der Waals surface area contributed by atoms with Crippen LogP contribution in [-0.4, -0.2) is 11.3 Å². The van der Waals surface area contributed by atoms with Crippen molar-refractivity contribution in [3.8, 4) is 0 Å². The summed E-state index contributed by atoms with van der Waals surface area (Å²) in [6, 6.07) is 32.0. The molecule has 0 atom stereocenters. The van der Waals surface area contributed by atoms with E-state index in [9.17, 15) is 5.11 Å². The van der Waals surface area contributed by atoms with Crippen molar-refractivity contribution >= 4 is 23.2 Å². The van der Waals surface area contributed by atoms with Gasteiger partial charge in [0.15, 0.2) is 0 Å². The molecular formula is C21H20OP+. The average Bonchev–Trinajstić information content (AvgIpc) is 2.65. The number of rotatable bonds is 5. The molecule has 2 heteroatoms. The number of hydrogen-bond acceptors (Lipinski definition) is 1. The molecule has 0 fully saturated rings. The first kappa shape index (κ1) is 15.5. The molecule has 0 saturated carbocycles. The summed E-state index contributed by atoms with van der Waals surface area (Å²) in [5.74, 6) is 0. The minimum Gasteiger partial charge on any atom is -0.516 e. The molecule has 23 heavy (non-hydrogen) atoms. The summed E-state index contributed by atoms with van der Waals surface area (Å²) < 4.78 is 0. The SMILES string of the molecule is OC=CC[P+](c1ccccc1)(c1ccccc1)c1ccccc1. The minimum absolute atomic E-state index is 0.807. The standard InChI is InChI=1S/C21H19OP/c22-17-10-18-23(19-11-4-1-5-12-19,20-13-6-2-7-14-20)21-15-8-3-9-16-21/h1-17H,18H2/p+1. The van der Waals surface area contributed by atoms with Crippen molar-refractivity contribution in [3.63, 3.8) is 0 Å². The van der Waals surface area contributed by atoms with Crippen LogP contribution < -0.4 is 15.9 Å². The molecule has 0 spiro atoms. The second-order valence-corrected chi connectivity index (χ2v) is 8.92. The van der Waals surface area contributed by atoms with Gasteiger partial charge < -0.3 is 5.11 Å². The van der Waals surface area contributed by atoms with Gasteiger partial charge in [0.05, 0.1) is 12.4 Å². The maximum Gasteiger partial charge on any atom is 0.116 e. The fourth-order valence-corrected chi connectivity index (χ4v) is 7.00. The van der Waals surface area contributed by atoms with Crippen molar-refractivity contribution in [2.45, 2.75) is 0 Å². The molecule has 114 valence electrons. The number of aliphatic hydroxyl groups is 1. The van der Waals surface area contributed by atoms with Crippen LogP contribution >= 0.6 is 7.26 Å². The van der Waals surface area contributed by atoms with Crippen LogP contribution in [0.1, 0.15) is 0 Å². The van der Waals surface area contributed by atoms with Gasteiger partial charge in [-0.3, -0.25) is 0 Å². The van der Waals surface area contributed by atoms with Crippen molar-refractivity contribution in [1.29, 1.82) is 0 Å². The fraction of sp³-hybridized carbons (Fsp3) is 0.0476. The Kier molecular flexibility index (Phi) is 4.90. The van der Waals surface area contributed by atoms with E-state index in [0.717, 1.165) is 6.16 Å². The van der Waals surface area contributed by atoms with Crippen molar-refractivity contribution in [2.24, 2.45) is 0 Å². The lowest BCUT2D eigenvalue weighted by Crippen LogP contribution is -2.32. The predicted octanol–water partition coefficient (Wildman–Crippen LogP) is 4.05. The van der Waals surface area contributed by atoms with Gasteiger partial charge in [0, 0.05) is 0 Å². The Hall–Kier alpha value is -2.37. The molecule has 0 aliphatic carbocycles. The number of benzene rings is 3. The first-order valence-corrected chi connectivity index (χ1v) is 9.69. The molecule has 0 saturated heterocycles. The van der Waals surface area contributed by atoms with Gasteiger partial charge >= 0.3 is 0 Å². The summed E-state index contributed by atoms with van der Waals surface area (Å²) in [6.45, 7) is 0. The zero-order valence-corrected chi connectivity index (χ0v) is 13.8. The zero-order chi connectivity index (χ0) is 16.0. The van der Waals surface area contributed by atoms with E-state index in [1.807, 2.05) is 6.08 Å². The quantitative estimate of drug-likeness (QED) is 0.555. The molecule has 0 radical (unpaired) electrons. The smallest absolute Gasteiger partial charge is 0.116 e. The molecule has 3 rings (SSSR count). The number of hydrogen-bond donors (Lipinski definition) is 1. The maximum absolute atomic E-state index is 9.31. The Morgan fingerprint density at radius 2 is 0.957 bits per heavy atom. The lowest BCUT2D eigenvalue weighted by Gasteiger charge is -2.26. The summed E-state index contributed by atoms with van der Waals surface area (Å²) in [7, 11) is -1.82. The van der Waals surface area contributed by atoms with E-state index >= 15 is 0 Å². The van der Waals surface area contributed by atoms with E-state index < -0.39 is 7.26 Å². The monoisotopic (exact) mass is 319 g/mol. The van der Waals surface area contributed by atoms with Gasteiger partial charge in [-0.15, -0.1) is 0 Å². The van der Waals surface area contributed by atoms with Gasteiger partial charge in [-0.2, -0.15) is 0 Å². The fourth-order valence-electron chi connectivity index (χ4n) is 3.02. The molecule has 3 aromatic carbocycles. The second kappa shape index (κ2) is 7.26. The molecule has 0 amide bonds. The highest BCUT2D eigenvalue weighted by molar-refractivity contribution is 7.95. The van der Waals surface area contributed by atoms with E-state index in [-0.39, 0.29) is 0 Å². The highest BCUT2D eigenvalue weighted by Gasteiger charge is 2.44. The van der Waals surface area contributed by atoms with E-state index in [0.29, 0.717) is 0 Å². The van der Waals surface area contributed by atoms with Crippen molar-refractivity contribution in [3.05, 3.63) is 103 Å². The Labute approximate surface area is 138 Å². The molecular weight excluding hydrogens is 299 g/mol. The molecule has 1 nitrogen and oxygen atoms in total. The van der Waals surface area contributed by atoms with Crippen molar-refractivity contribution in [1.82, 2.24) is 0 Å². The molecule has 0 aliphatic heterocycles. The van der Waals surface area contributed by atoms with Crippen LogP contribution in [0.3, 0.4) is 0 Å². The third-order valence-electron chi connectivity index (χ3n) is 4.08. The summed E-state index contributed by atoms with van der Waals surface area (Å²) in [6.07, 6.45) is 3.85. The third-order valence-corrected chi connectivity index (χ3v) is 8.37. The molecule has 0 unspecified atom stereocenters. The summed E-state index contributed by atoms with van der Waals surface area (Å²) in [5.41, 5.74) is 0. The molecule has 3 aromatic rings. The first-order chi connectivity index (χ1) is 11.4. The number of allylic oxidation sites excluding steroid dienone is 1. The number of aliphatic hydroxyl groups excluding tert-OH is 1. The Bertz CT molecular complexity index is 655. The third kappa shape index (κ3) is 3.06. The Morgan fingerprint density at radius 1 is 0.609 bits per heavy atom. The van der Waals surface area contributed by atoms with Gasteiger partial charge in [0.25, 0.3) is 0 Å². The Morgan fingerprint density at radius 3 is 1.26 bits per heavy atom. The van der Waals surface area contributed by atoms with Gasteiger partial charge in [0.2, 0.25) is 0 Å². The van der Waals surface area contributed by atoms with Crippen LogP contribution in [0, 0.1) is 0 Å². The van der Waals surface area contributed by atoms with E-state index in [1.54, 1.807) is 0 Å². The summed E-state index contributed by atoms with van der Waals surface area (Å²) in [4.78, 5) is 0. The van der Waals surface area contributed by atoms with Crippen molar-refractivity contribution in [2.75, 3.05) is 6.16 Å². The molecule has 0 aliphatic rings. The van der Waals surface area contributed by atoms with Gasteiger partial charge in [-0.05, 0) is 42.5 Å². The van der Waals surface area contributed by atoms with E-state index in [1.165, 1.54) is 22.2 Å². The lowest BCUT2D eigenvalue weighted by atomic mass is 10.4. The minimum atomic E-state index is -1.82. The van der Waals surface area contributed by atoms with Crippen LogP contribution in [0.4, 0.5) is 0 Å². The molecule has 0 bridgehead atoms. The van der Waals surface area contributed by atoms with Crippen LogP contribution in [0.15, 0.2) is 103 Å². The summed E-state index contributed by atoms with van der Waals surface area (Å²) >= 11 is 0. The van der Waals surface area contributed by atoms with Crippen LogP contribution in [-0.2, 0) is 0 Å². The topological polar surface area (TPSA) is 20.2 Å². The largest absolute Gasteiger partial charge is 0.516 e. The van der Waals surface area contributed by atoms with Crippen molar-refractivity contribution < 1.29 is 5.11 Å². The molecule has 1 N–H and O–H groups in total. The predicted molar refractivity (Wildman–Crippen MR) is 102 cm³/mol. The average molecular weight is 319 g/mol. The van der Waals surface area contributed by atoms with E-state index in [4.69, 9.17) is 0 Å². The highest BCUT2D eigenvalue weighted by Crippen LogP contribution is 2.55. The van der Waals surface area contributed by atoms with Crippen LogP contribution in [0.5, 0.6) is 0 Å². The van der Waals surface area contributed by atoms with Gasteiger partial charge in [-0.1, -0.05) is 54.6 Å². The Balaban J connectivity index is 2.30. The maximum atomic E-state index is 9.31. The van der Waals surface area contributed by atoms with Gasteiger partial charge in [-0.25, -0.2) is 0 Å². The molecule has 0 heterocycles. The zero-order valence-electron chi connectivity index (χ0n) is 12.9.